The molecule has 88 valence electrons. The number of guanidine groups is 1. The minimum Gasteiger partial charge on any atom is -0.324 e. The number of nitrogens with two attached hydrogens (primary N) is 1. The van der Waals surface area contributed by atoms with Crippen molar-refractivity contribution in [3.8, 4) is 0 Å². The first-order valence-electron chi connectivity index (χ1n) is 5.30. The fourth-order valence-electron chi connectivity index (χ4n) is 1.16. The summed E-state index contributed by atoms with van der Waals surface area (Å²) in [7, 11) is 0. The van der Waals surface area contributed by atoms with Gasteiger partial charge in [0.05, 0.1) is 10.7 Å². The molecule has 1 aromatic carbocycles. The van der Waals surface area contributed by atoms with Crippen LogP contribution in [0.15, 0.2) is 29.3 Å². The zero-order valence-corrected chi connectivity index (χ0v) is 10.1. The standard InChI is InChI=1S/C11H17ClN4/c1-2-3-8-14-11(16-13)15-10-7-5-4-6-9(10)12/h4-7H,2-3,8,13H2,1H3,(H2,14,15,16). The minimum atomic E-state index is 0.529. The van der Waals surface area contributed by atoms with E-state index in [2.05, 4.69) is 22.7 Å². The van der Waals surface area contributed by atoms with Crippen LogP contribution in [0.1, 0.15) is 19.8 Å². The SMILES string of the molecule is CCCCN=C(NN)Nc1ccccc1Cl. The number of rotatable bonds is 4. The zero-order chi connectivity index (χ0) is 11.8. The number of hydrogen-bond acceptors (Lipinski definition) is 2. The van der Waals surface area contributed by atoms with E-state index in [1.807, 2.05) is 24.3 Å². The average Bonchev–Trinajstić information content (AvgIpc) is 2.30. The molecular formula is C11H17ClN4. The Kier molecular flexibility index (Phi) is 5.67. The molecule has 0 saturated carbocycles. The number of hydrogen-bond donors (Lipinski definition) is 3. The Morgan fingerprint density at radius 1 is 1.44 bits per heavy atom. The Labute approximate surface area is 101 Å². The molecule has 0 aliphatic carbocycles. The largest absolute Gasteiger partial charge is 0.324 e. The number of para-hydroxylation sites is 1. The van der Waals surface area contributed by atoms with E-state index in [9.17, 15) is 0 Å². The molecule has 4 nitrogen and oxygen atoms in total. The molecule has 0 spiro atoms. The summed E-state index contributed by atoms with van der Waals surface area (Å²) < 4.78 is 0. The van der Waals surface area contributed by atoms with E-state index >= 15 is 0 Å². The highest BCUT2D eigenvalue weighted by Crippen LogP contribution is 2.19. The molecule has 0 unspecified atom stereocenters. The first-order valence-corrected chi connectivity index (χ1v) is 5.68. The molecule has 4 N–H and O–H groups in total. The summed E-state index contributed by atoms with van der Waals surface area (Å²) in [5.74, 6) is 5.90. The molecule has 0 aliphatic heterocycles. The monoisotopic (exact) mass is 240 g/mol. The Balaban J connectivity index is 2.63. The zero-order valence-electron chi connectivity index (χ0n) is 9.33. The second kappa shape index (κ2) is 7.09. The van der Waals surface area contributed by atoms with Crippen LogP contribution in [0.5, 0.6) is 0 Å². The van der Waals surface area contributed by atoms with E-state index in [0.29, 0.717) is 11.0 Å². The van der Waals surface area contributed by atoms with Crippen LogP contribution in [0.25, 0.3) is 0 Å². The van der Waals surface area contributed by atoms with Crippen molar-refractivity contribution in [1.29, 1.82) is 0 Å². The van der Waals surface area contributed by atoms with Gasteiger partial charge in [-0.05, 0) is 18.6 Å². The van der Waals surface area contributed by atoms with E-state index in [0.717, 1.165) is 25.1 Å². The van der Waals surface area contributed by atoms with Crippen molar-refractivity contribution < 1.29 is 0 Å². The lowest BCUT2D eigenvalue weighted by Crippen LogP contribution is -2.36. The van der Waals surface area contributed by atoms with Gasteiger partial charge >= 0.3 is 0 Å². The Bertz CT molecular complexity index is 352. The normalized spacial score (nSPS) is 11.3. The maximum atomic E-state index is 6.00. The van der Waals surface area contributed by atoms with Gasteiger partial charge < -0.3 is 5.32 Å². The quantitative estimate of drug-likeness (QED) is 0.249. The van der Waals surface area contributed by atoms with Gasteiger partial charge in [-0.3, -0.25) is 10.4 Å². The number of hydrazine groups is 1. The van der Waals surface area contributed by atoms with Crippen molar-refractivity contribution in [2.75, 3.05) is 11.9 Å². The second-order valence-corrected chi connectivity index (χ2v) is 3.74. The molecule has 0 aliphatic rings. The first-order chi connectivity index (χ1) is 7.77. The summed E-state index contributed by atoms with van der Waals surface area (Å²) in [5.41, 5.74) is 3.31. The van der Waals surface area contributed by atoms with Crippen LogP contribution in [-0.2, 0) is 0 Å². The number of anilines is 1. The van der Waals surface area contributed by atoms with E-state index < -0.39 is 0 Å². The molecule has 5 heteroatoms. The summed E-state index contributed by atoms with van der Waals surface area (Å²) in [6.45, 7) is 2.86. The molecule has 0 saturated heterocycles. The van der Waals surface area contributed by atoms with Gasteiger partial charge in [-0.15, -0.1) is 0 Å². The molecule has 1 rings (SSSR count). The minimum absolute atomic E-state index is 0.529. The maximum Gasteiger partial charge on any atom is 0.210 e. The molecule has 0 fully saturated rings. The average molecular weight is 241 g/mol. The van der Waals surface area contributed by atoms with Crippen molar-refractivity contribution in [3.05, 3.63) is 29.3 Å². The highest BCUT2D eigenvalue weighted by molar-refractivity contribution is 6.33. The Hall–Kier alpha value is -1.26. The fourth-order valence-corrected chi connectivity index (χ4v) is 1.34. The highest BCUT2D eigenvalue weighted by atomic mass is 35.5. The van der Waals surface area contributed by atoms with Gasteiger partial charge in [0.2, 0.25) is 5.96 Å². The Morgan fingerprint density at radius 2 is 2.19 bits per heavy atom. The molecule has 1 aromatic rings. The van der Waals surface area contributed by atoms with E-state index in [4.69, 9.17) is 17.4 Å². The van der Waals surface area contributed by atoms with Gasteiger partial charge in [0.1, 0.15) is 0 Å². The van der Waals surface area contributed by atoms with Gasteiger partial charge in [0, 0.05) is 6.54 Å². The lowest BCUT2D eigenvalue weighted by molar-refractivity contribution is 0.801. The summed E-state index contributed by atoms with van der Waals surface area (Å²) in [6, 6.07) is 7.45. The predicted molar refractivity (Wildman–Crippen MR) is 69.6 cm³/mol. The topological polar surface area (TPSA) is 62.4 Å². The third kappa shape index (κ3) is 4.08. The van der Waals surface area contributed by atoms with Crippen LogP contribution >= 0.6 is 11.6 Å². The summed E-state index contributed by atoms with van der Waals surface area (Å²) in [4.78, 5) is 4.28. The lowest BCUT2D eigenvalue weighted by Gasteiger charge is -2.10. The van der Waals surface area contributed by atoms with Crippen LogP contribution in [-0.4, -0.2) is 12.5 Å². The van der Waals surface area contributed by atoms with Crippen LogP contribution in [0, 0.1) is 0 Å². The summed E-state index contributed by atoms with van der Waals surface area (Å²) in [6.07, 6.45) is 2.14. The summed E-state index contributed by atoms with van der Waals surface area (Å²) >= 11 is 6.00. The number of halogens is 1. The molecule has 16 heavy (non-hydrogen) atoms. The number of nitrogens with one attached hydrogen (secondary N) is 2. The molecule has 0 radical (unpaired) electrons. The van der Waals surface area contributed by atoms with Crippen LogP contribution in [0.4, 0.5) is 5.69 Å². The maximum absolute atomic E-state index is 6.00. The van der Waals surface area contributed by atoms with Crippen molar-refractivity contribution in [1.82, 2.24) is 5.43 Å². The summed E-state index contributed by atoms with van der Waals surface area (Å²) in [5, 5.41) is 3.68. The van der Waals surface area contributed by atoms with Crippen molar-refractivity contribution in [3.63, 3.8) is 0 Å². The highest BCUT2D eigenvalue weighted by Gasteiger charge is 2.01. The molecule has 0 amide bonds. The van der Waals surface area contributed by atoms with Crippen LogP contribution in [0.3, 0.4) is 0 Å². The van der Waals surface area contributed by atoms with Crippen LogP contribution < -0.4 is 16.6 Å². The number of aliphatic imine (C=N–C) groups is 1. The molecule has 0 heterocycles. The van der Waals surface area contributed by atoms with Gasteiger partial charge in [-0.1, -0.05) is 37.1 Å². The Morgan fingerprint density at radius 3 is 2.81 bits per heavy atom. The van der Waals surface area contributed by atoms with Crippen molar-refractivity contribution in [2.45, 2.75) is 19.8 Å². The van der Waals surface area contributed by atoms with E-state index in [1.165, 1.54) is 0 Å². The third-order valence-corrected chi connectivity index (χ3v) is 2.37. The second-order valence-electron chi connectivity index (χ2n) is 3.33. The third-order valence-electron chi connectivity index (χ3n) is 2.05. The van der Waals surface area contributed by atoms with Crippen molar-refractivity contribution >= 4 is 23.2 Å². The van der Waals surface area contributed by atoms with E-state index in [1.54, 1.807) is 0 Å². The predicted octanol–water partition coefficient (Wildman–Crippen LogP) is 2.37. The molecule has 0 atom stereocenters. The number of nitrogens with zero attached hydrogens (tertiary/aromatic N) is 1. The first kappa shape index (κ1) is 12.8. The number of benzene rings is 1. The smallest absolute Gasteiger partial charge is 0.210 e. The molecule has 0 bridgehead atoms. The molecular weight excluding hydrogens is 224 g/mol. The van der Waals surface area contributed by atoms with Crippen molar-refractivity contribution in [2.24, 2.45) is 10.8 Å². The molecule has 0 aromatic heterocycles. The van der Waals surface area contributed by atoms with Gasteiger partial charge in [-0.25, -0.2) is 5.84 Å². The fraction of sp³-hybridized carbons (Fsp3) is 0.364. The lowest BCUT2D eigenvalue weighted by atomic mass is 10.3. The van der Waals surface area contributed by atoms with E-state index in [-0.39, 0.29) is 0 Å². The van der Waals surface area contributed by atoms with Gasteiger partial charge in [0.15, 0.2) is 0 Å². The van der Waals surface area contributed by atoms with Gasteiger partial charge in [0.25, 0.3) is 0 Å². The van der Waals surface area contributed by atoms with Gasteiger partial charge in [-0.2, -0.15) is 0 Å². The number of unbranched alkanes of at least 4 members (excludes halogenated alkanes) is 1. The van der Waals surface area contributed by atoms with Crippen LogP contribution in [0.2, 0.25) is 5.02 Å².